The van der Waals surface area contributed by atoms with Crippen molar-refractivity contribution in [2.75, 3.05) is 0 Å². The molecular formula is C14H18FN3O2. The van der Waals surface area contributed by atoms with E-state index in [0.717, 1.165) is 5.56 Å². The molecule has 1 aromatic carbocycles. The normalized spacial score (nSPS) is 29.8. The third kappa shape index (κ3) is 3.70. The molecule has 0 spiro atoms. The molecule has 0 radical (unpaired) electrons. The van der Waals surface area contributed by atoms with Crippen LogP contribution in [0.15, 0.2) is 29.4 Å². The summed E-state index contributed by atoms with van der Waals surface area (Å²) in [5, 5.41) is 3.81. The predicted octanol–water partition coefficient (Wildman–Crippen LogP) is 3.59. The maximum atomic E-state index is 12.8. The lowest BCUT2D eigenvalue weighted by atomic mass is 9.97. The van der Waals surface area contributed by atoms with Crippen LogP contribution in [0.25, 0.3) is 10.4 Å². The molecule has 1 aromatic rings. The zero-order valence-electron chi connectivity index (χ0n) is 11.6. The smallest absolute Gasteiger partial charge is 0.123 e. The van der Waals surface area contributed by atoms with Gasteiger partial charge in [0, 0.05) is 4.91 Å². The zero-order valence-corrected chi connectivity index (χ0v) is 11.6. The summed E-state index contributed by atoms with van der Waals surface area (Å²) >= 11 is 0. The topological polar surface area (TPSA) is 67.2 Å². The van der Waals surface area contributed by atoms with Crippen LogP contribution in [0.1, 0.15) is 25.8 Å². The molecule has 1 heterocycles. The van der Waals surface area contributed by atoms with Crippen LogP contribution < -0.4 is 0 Å². The van der Waals surface area contributed by atoms with Gasteiger partial charge in [-0.25, -0.2) is 4.39 Å². The fourth-order valence-electron chi connectivity index (χ4n) is 2.49. The third-order valence-corrected chi connectivity index (χ3v) is 3.42. The molecule has 20 heavy (non-hydrogen) atoms. The van der Waals surface area contributed by atoms with Crippen molar-refractivity contribution in [2.45, 2.75) is 51.2 Å². The molecule has 0 saturated carbocycles. The number of halogens is 1. The summed E-state index contributed by atoms with van der Waals surface area (Å²) in [6, 6.07) is 5.90. The Hall–Kier alpha value is -1.62. The molecule has 0 amide bonds. The molecule has 1 aliphatic rings. The van der Waals surface area contributed by atoms with Crippen LogP contribution >= 0.6 is 0 Å². The van der Waals surface area contributed by atoms with Gasteiger partial charge < -0.3 is 9.47 Å². The SMILES string of the molecule is CC1CC(N=[N+]=[N-])C(OCc2ccc(F)cc2)C(C)O1. The molecule has 2 rings (SSSR count). The van der Waals surface area contributed by atoms with Gasteiger partial charge in [0.25, 0.3) is 0 Å². The summed E-state index contributed by atoms with van der Waals surface area (Å²) < 4.78 is 24.4. The Balaban J connectivity index is 2.01. The van der Waals surface area contributed by atoms with Crippen molar-refractivity contribution >= 4 is 0 Å². The van der Waals surface area contributed by atoms with Crippen molar-refractivity contribution in [1.29, 1.82) is 0 Å². The Labute approximate surface area is 117 Å². The number of benzene rings is 1. The van der Waals surface area contributed by atoms with E-state index in [1.165, 1.54) is 12.1 Å². The van der Waals surface area contributed by atoms with Crippen molar-refractivity contribution in [3.05, 3.63) is 46.1 Å². The Kier molecular flexibility index (Phi) is 4.95. The Morgan fingerprint density at radius 2 is 2.10 bits per heavy atom. The number of hydrogen-bond acceptors (Lipinski definition) is 3. The molecule has 1 aliphatic heterocycles. The van der Waals surface area contributed by atoms with E-state index in [4.69, 9.17) is 15.0 Å². The number of nitrogens with zero attached hydrogens (tertiary/aromatic N) is 3. The molecule has 4 atom stereocenters. The first-order chi connectivity index (χ1) is 9.60. The van der Waals surface area contributed by atoms with Crippen molar-refractivity contribution in [3.8, 4) is 0 Å². The second-order valence-corrected chi connectivity index (χ2v) is 5.06. The molecule has 4 unspecified atom stereocenters. The lowest BCUT2D eigenvalue weighted by molar-refractivity contribution is -0.139. The van der Waals surface area contributed by atoms with Crippen LogP contribution in [0.5, 0.6) is 0 Å². The Morgan fingerprint density at radius 1 is 1.40 bits per heavy atom. The molecular weight excluding hydrogens is 261 g/mol. The van der Waals surface area contributed by atoms with Crippen molar-refractivity contribution in [3.63, 3.8) is 0 Å². The lowest BCUT2D eigenvalue weighted by Gasteiger charge is -2.37. The van der Waals surface area contributed by atoms with Gasteiger partial charge in [-0.2, -0.15) is 0 Å². The average Bonchev–Trinajstić information content (AvgIpc) is 2.40. The number of ether oxygens (including phenoxy) is 2. The average molecular weight is 279 g/mol. The second kappa shape index (κ2) is 6.70. The van der Waals surface area contributed by atoms with Crippen LogP contribution in [-0.2, 0) is 16.1 Å². The van der Waals surface area contributed by atoms with E-state index in [1.54, 1.807) is 12.1 Å². The summed E-state index contributed by atoms with van der Waals surface area (Å²) in [5.74, 6) is -0.274. The molecule has 6 heteroatoms. The number of hydrogen-bond donors (Lipinski definition) is 0. The second-order valence-electron chi connectivity index (χ2n) is 5.06. The lowest BCUT2D eigenvalue weighted by Crippen LogP contribution is -2.46. The van der Waals surface area contributed by atoms with Gasteiger partial charge in [0.15, 0.2) is 0 Å². The molecule has 0 aromatic heterocycles. The van der Waals surface area contributed by atoms with Gasteiger partial charge in [-0.3, -0.25) is 0 Å². The highest BCUT2D eigenvalue weighted by atomic mass is 19.1. The molecule has 108 valence electrons. The first kappa shape index (κ1) is 14.8. The fourth-order valence-corrected chi connectivity index (χ4v) is 2.49. The third-order valence-electron chi connectivity index (χ3n) is 3.42. The van der Waals surface area contributed by atoms with Crippen LogP contribution in [0.4, 0.5) is 4.39 Å². The van der Waals surface area contributed by atoms with Crippen LogP contribution in [0.3, 0.4) is 0 Å². The maximum Gasteiger partial charge on any atom is 0.123 e. The standard InChI is InChI=1S/C14H18FN3O2/c1-9-7-13(17-18-16)14(10(2)20-9)19-8-11-3-5-12(15)6-4-11/h3-6,9-10,13-14H,7-8H2,1-2H3. The van der Waals surface area contributed by atoms with Crippen LogP contribution in [0, 0.1) is 5.82 Å². The summed E-state index contributed by atoms with van der Waals surface area (Å²) in [7, 11) is 0. The van der Waals surface area contributed by atoms with Gasteiger partial charge in [-0.15, -0.1) is 0 Å². The molecule has 0 bridgehead atoms. The van der Waals surface area contributed by atoms with E-state index in [9.17, 15) is 4.39 Å². The minimum Gasteiger partial charge on any atom is -0.373 e. The largest absolute Gasteiger partial charge is 0.373 e. The highest BCUT2D eigenvalue weighted by Crippen LogP contribution is 2.26. The first-order valence-corrected chi connectivity index (χ1v) is 6.66. The van der Waals surface area contributed by atoms with E-state index in [0.29, 0.717) is 13.0 Å². The summed E-state index contributed by atoms with van der Waals surface area (Å²) in [6.45, 7) is 4.20. The highest BCUT2D eigenvalue weighted by molar-refractivity contribution is 5.15. The fraction of sp³-hybridized carbons (Fsp3) is 0.571. The van der Waals surface area contributed by atoms with Crippen molar-refractivity contribution in [2.24, 2.45) is 5.11 Å². The molecule has 0 N–H and O–H groups in total. The summed E-state index contributed by atoms with van der Waals surface area (Å²) in [6.07, 6.45) is 0.260. The minimum atomic E-state index is -0.285. The molecule has 1 saturated heterocycles. The van der Waals surface area contributed by atoms with Gasteiger partial charge in [-0.05, 0) is 43.5 Å². The quantitative estimate of drug-likeness (QED) is 0.480. The Morgan fingerprint density at radius 3 is 2.75 bits per heavy atom. The predicted molar refractivity (Wildman–Crippen MR) is 72.5 cm³/mol. The van der Waals surface area contributed by atoms with Gasteiger partial charge >= 0.3 is 0 Å². The highest BCUT2D eigenvalue weighted by Gasteiger charge is 2.35. The monoisotopic (exact) mass is 279 g/mol. The van der Waals surface area contributed by atoms with E-state index in [1.807, 2.05) is 13.8 Å². The van der Waals surface area contributed by atoms with Crippen LogP contribution in [0.2, 0.25) is 0 Å². The van der Waals surface area contributed by atoms with Crippen molar-refractivity contribution < 1.29 is 13.9 Å². The van der Waals surface area contributed by atoms with Crippen molar-refractivity contribution in [1.82, 2.24) is 0 Å². The van der Waals surface area contributed by atoms with Gasteiger partial charge in [0.2, 0.25) is 0 Å². The van der Waals surface area contributed by atoms with E-state index >= 15 is 0 Å². The van der Waals surface area contributed by atoms with E-state index in [2.05, 4.69) is 10.0 Å². The maximum absolute atomic E-state index is 12.8. The summed E-state index contributed by atoms with van der Waals surface area (Å²) in [4.78, 5) is 2.88. The first-order valence-electron chi connectivity index (χ1n) is 6.66. The zero-order chi connectivity index (χ0) is 14.5. The van der Waals surface area contributed by atoms with Gasteiger partial charge in [0.05, 0.1) is 31.0 Å². The number of rotatable bonds is 4. The van der Waals surface area contributed by atoms with Crippen LogP contribution in [-0.4, -0.2) is 24.4 Å². The minimum absolute atomic E-state index is 0.0474. The molecule has 0 aliphatic carbocycles. The van der Waals surface area contributed by atoms with E-state index < -0.39 is 0 Å². The Bertz CT molecular complexity index is 488. The molecule has 5 nitrogen and oxygen atoms in total. The summed E-state index contributed by atoms with van der Waals surface area (Å²) in [5.41, 5.74) is 9.52. The van der Waals surface area contributed by atoms with Gasteiger partial charge in [0.1, 0.15) is 5.82 Å². The number of azide groups is 1. The van der Waals surface area contributed by atoms with E-state index in [-0.39, 0.29) is 30.2 Å². The molecule has 1 fully saturated rings. The van der Waals surface area contributed by atoms with Gasteiger partial charge in [-0.1, -0.05) is 17.2 Å².